The number of hydrogen-bond acceptors (Lipinski definition) is 3. The molecule has 0 saturated heterocycles. The van der Waals surface area contributed by atoms with E-state index in [0.717, 1.165) is 0 Å². The van der Waals surface area contributed by atoms with Crippen LogP contribution >= 0.6 is 0 Å². The van der Waals surface area contributed by atoms with Gasteiger partial charge in [0.1, 0.15) is 5.75 Å². The summed E-state index contributed by atoms with van der Waals surface area (Å²) < 4.78 is 0. The smallest absolute Gasteiger partial charge is 0.257 e. The quantitative estimate of drug-likeness (QED) is 0.750. The van der Waals surface area contributed by atoms with Crippen LogP contribution in [0.3, 0.4) is 0 Å². The van der Waals surface area contributed by atoms with E-state index >= 15 is 0 Å². The van der Waals surface area contributed by atoms with Crippen LogP contribution in [0.25, 0.3) is 0 Å². The van der Waals surface area contributed by atoms with Crippen molar-refractivity contribution >= 4 is 23.2 Å². The summed E-state index contributed by atoms with van der Waals surface area (Å²) in [6.45, 7) is 1.38. The molecule has 0 atom stereocenters. The molecular formula is C15H14N2O3. The van der Waals surface area contributed by atoms with Crippen LogP contribution in [0.4, 0.5) is 11.4 Å². The second-order valence-corrected chi connectivity index (χ2v) is 4.23. The Morgan fingerprint density at radius 3 is 2.25 bits per heavy atom. The number of carbonyl (C=O) groups excluding carboxylic acids is 2. The van der Waals surface area contributed by atoms with Gasteiger partial charge in [-0.1, -0.05) is 12.1 Å². The minimum absolute atomic E-state index is 0.127. The van der Waals surface area contributed by atoms with Gasteiger partial charge in [-0.3, -0.25) is 9.59 Å². The molecule has 0 bridgehead atoms. The molecule has 2 aromatic rings. The lowest BCUT2D eigenvalue weighted by atomic mass is 10.1. The van der Waals surface area contributed by atoms with Crippen molar-refractivity contribution in [2.45, 2.75) is 6.92 Å². The van der Waals surface area contributed by atoms with Crippen molar-refractivity contribution in [1.82, 2.24) is 0 Å². The maximum absolute atomic E-state index is 12.2. The van der Waals surface area contributed by atoms with Gasteiger partial charge in [-0.25, -0.2) is 0 Å². The molecule has 0 saturated carbocycles. The Morgan fingerprint density at radius 1 is 0.950 bits per heavy atom. The highest BCUT2D eigenvalue weighted by Gasteiger charge is 2.11. The monoisotopic (exact) mass is 270 g/mol. The van der Waals surface area contributed by atoms with Gasteiger partial charge in [0.15, 0.2) is 0 Å². The van der Waals surface area contributed by atoms with Gasteiger partial charge in [0.2, 0.25) is 5.91 Å². The number of nitrogens with one attached hydrogen (secondary N) is 2. The molecule has 0 aliphatic carbocycles. The molecule has 2 rings (SSSR count). The summed E-state index contributed by atoms with van der Waals surface area (Å²) in [4.78, 5) is 23.3. The zero-order valence-corrected chi connectivity index (χ0v) is 10.9. The van der Waals surface area contributed by atoms with Crippen molar-refractivity contribution < 1.29 is 14.7 Å². The second kappa shape index (κ2) is 5.88. The average molecular weight is 270 g/mol. The fourth-order valence-electron chi connectivity index (χ4n) is 1.72. The van der Waals surface area contributed by atoms with E-state index in [0.29, 0.717) is 16.9 Å². The van der Waals surface area contributed by atoms with Gasteiger partial charge in [-0.05, 0) is 36.4 Å². The summed E-state index contributed by atoms with van der Waals surface area (Å²) in [7, 11) is 0. The minimum atomic E-state index is -0.333. The zero-order chi connectivity index (χ0) is 14.5. The molecule has 0 aliphatic heterocycles. The van der Waals surface area contributed by atoms with E-state index in [2.05, 4.69) is 10.6 Å². The molecule has 0 unspecified atom stereocenters. The lowest BCUT2D eigenvalue weighted by Gasteiger charge is -2.10. The SMILES string of the molecule is CC(=O)Nc1ccccc1C(=O)Nc1ccc(O)cc1. The Morgan fingerprint density at radius 2 is 1.60 bits per heavy atom. The van der Waals surface area contributed by atoms with Gasteiger partial charge in [-0.15, -0.1) is 0 Å². The predicted octanol–water partition coefficient (Wildman–Crippen LogP) is 2.60. The van der Waals surface area contributed by atoms with E-state index in [1.54, 1.807) is 36.4 Å². The van der Waals surface area contributed by atoms with E-state index in [1.807, 2.05) is 0 Å². The Bertz CT molecular complexity index is 636. The molecule has 5 nitrogen and oxygen atoms in total. The third-order valence-electron chi connectivity index (χ3n) is 2.61. The lowest BCUT2D eigenvalue weighted by molar-refractivity contribution is -0.114. The molecule has 2 aromatic carbocycles. The number of rotatable bonds is 3. The number of para-hydroxylation sites is 1. The van der Waals surface area contributed by atoms with E-state index in [9.17, 15) is 14.7 Å². The van der Waals surface area contributed by atoms with Crippen molar-refractivity contribution in [3.63, 3.8) is 0 Å². The topological polar surface area (TPSA) is 78.4 Å². The summed E-state index contributed by atoms with van der Waals surface area (Å²) in [5, 5.41) is 14.5. The van der Waals surface area contributed by atoms with Gasteiger partial charge in [0.05, 0.1) is 11.3 Å². The normalized spacial score (nSPS) is 9.85. The number of amides is 2. The summed E-state index contributed by atoms with van der Waals surface area (Å²) in [5.74, 6) is -0.448. The van der Waals surface area contributed by atoms with Gasteiger partial charge in [0, 0.05) is 12.6 Å². The number of benzene rings is 2. The first-order valence-corrected chi connectivity index (χ1v) is 6.03. The van der Waals surface area contributed by atoms with Crippen LogP contribution in [0.15, 0.2) is 48.5 Å². The molecule has 5 heteroatoms. The first-order chi connectivity index (χ1) is 9.56. The minimum Gasteiger partial charge on any atom is -0.508 e. The van der Waals surface area contributed by atoms with E-state index in [4.69, 9.17) is 0 Å². The van der Waals surface area contributed by atoms with Crippen LogP contribution < -0.4 is 10.6 Å². The van der Waals surface area contributed by atoms with Crippen LogP contribution in [0, 0.1) is 0 Å². The Hall–Kier alpha value is -2.82. The van der Waals surface area contributed by atoms with E-state index < -0.39 is 0 Å². The number of hydrogen-bond donors (Lipinski definition) is 3. The van der Waals surface area contributed by atoms with Crippen LogP contribution in [0.5, 0.6) is 5.75 Å². The Kier molecular flexibility index (Phi) is 4.00. The van der Waals surface area contributed by atoms with Crippen LogP contribution in [-0.4, -0.2) is 16.9 Å². The molecule has 2 amide bonds. The molecule has 0 radical (unpaired) electrons. The molecule has 0 spiro atoms. The van der Waals surface area contributed by atoms with Gasteiger partial charge in [-0.2, -0.15) is 0 Å². The molecule has 0 aliphatic rings. The average Bonchev–Trinajstić information content (AvgIpc) is 2.41. The van der Waals surface area contributed by atoms with Crippen LogP contribution in [-0.2, 0) is 4.79 Å². The van der Waals surface area contributed by atoms with Crippen molar-refractivity contribution in [1.29, 1.82) is 0 Å². The maximum Gasteiger partial charge on any atom is 0.257 e. The fraction of sp³-hybridized carbons (Fsp3) is 0.0667. The molecule has 102 valence electrons. The maximum atomic E-state index is 12.2. The van der Waals surface area contributed by atoms with Gasteiger partial charge >= 0.3 is 0 Å². The van der Waals surface area contributed by atoms with Gasteiger partial charge in [0.25, 0.3) is 5.91 Å². The third kappa shape index (κ3) is 3.35. The van der Waals surface area contributed by atoms with Crippen LogP contribution in [0.2, 0.25) is 0 Å². The number of carbonyl (C=O) groups is 2. The van der Waals surface area contributed by atoms with Crippen molar-refractivity contribution in [3.05, 3.63) is 54.1 Å². The molecule has 3 N–H and O–H groups in total. The van der Waals surface area contributed by atoms with E-state index in [-0.39, 0.29) is 17.6 Å². The zero-order valence-electron chi connectivity index (χ0n) is 10.9. The molecular weight excluding hydrogens is 256 g/mol. The van der Waals surface area contributed by atoms with Crippen molar-refractivity contribution in [3.8, 4) is 5.75 Å². The van der Waals surface area contributed by atoms with E-state index in [1.165, 1.54) is 19.1 Å². The molecule has 20 heavy (non-hydrogen) atoms. The first-order valence-electron chi connectivity index (χ1n) is 6.03. The number of phenolic OH excluding ortho intramolecular Hbond substituents is 1. The molecule has 0 heterocycles. The lowest BCUT2D eigenvalue weighted by Crippen LogP contribution is -2.16. The number of aromatic hydroxyl groups is 1. The van der Waals surface area contributed by atoms with Crippen LogP contribution in [0.1, 0.15) is 17.3 Å². The Labute approximate surface area is 116 Å². The summed E-state index contributed by atoms with van der Waals surface area (Å²) in [5.41, 5.74) is 1.39. The fourth-order valence-corrected chi connectivity index (χ4v) is 1.72. The second-order valence-electron chi connectivity index (χ2n) is 4.23. The molecule has 0 aromatic heterocycles. The highest BCUT2D eigenvalue weighted by atomic mass is 16.3. The van der Waals surface area contributed by atoms with Gasteiger partial charge < -0.3 is 15.7 Å². The number of anilines is 2. The number of phenols is 1. The summed E-state index contributed by atoms with van der Waals surface area (Å²) in [6.07, 6.45) is 0. The largest absolute Gasteiger partial charge is 0.508 e. The van der Waals surface area contributed by atoms with Crippen molar-refractivity contribution in [2.75, 3.05) is 10.6 Å². The first kappa shape index (κ1) is 13.6. The predicted molar refractivity (Wildman–Crippen MR) is 76.8 cm³/mol. The van der Waals surface area contributed by atoms with Crippen molar-refractivity contribution in [2.24, 2.45) is 0 Å². The highest BCUT2D eigenvalue weighted by molar-refractivity contribution is 6.09. The summed E-state index contributed by atoms with van der Waals surface area (Å²) in [6, 6.07) is 12.9. The Balaban J connectivity index is 2.20. The third-order valence-corrected chi connectivity index (χ3v) is 2.61. The highest BCUT2D eigenvalue weighted by Crippen LogP contribution is 2.18. The molecule has 0 fully saturated rings. The summed E-state index contributed by atoms with van der Waals surface area (Å²) >= 11 is 0. The standard InChI is InChI=1S/C15H14N2O3/c1-10(18)16-14-5-3-2-4-13(14)15(20)17-11-6-8-12(19)9-7-11/h2-9,19H,1H3,(H,16,18)(H,17,20).